The standard InChI is InChI=1S/C24H22N4O5S/c1-16-4-6-18(7-5-16)23(30)27(15-17-3-2-12-26-14-17)21-13-22(29)28(24(21)31)19-8-10-20(11-9-19)34(25,32)33/h2-12,14,21H,13,15H2,1H3,(H2,25,32,33). The van der Waals surface area contributed by atoms with E-state index in [0.29, 0.717) is 11.1 Å². The second-order valence-corrected chi connectivity index (χ2v) is 9.55. The Bertz CT molecular complexity index is 1340. The summed E-state index contributed by atoms with van der Waals surface area (Å²) < 4.78 is 23.0. The van der Waals surface area contributed by atoms with E-state index in [1.165, 1.54) is 29.2 Å². The SMILES string of the molecule is Cc1ccc(C(=O)N(Cc2cccnc2)C2CC(=O)N(c3ccc(S(N)(=O)=O)cc3)C2=O)cc1. The lowest BCUT2D eigenvalue weighted by Gasteiger charge is -2.28. The van der Waals surface area contributed by atoms with E-state index in [0.717, 1.165) is 10.5 Å². The molecule has 2 heterocycles. The molecule has 1 fully saturated rings. The quantitative estimate of drug-likeness (QED) is 0.539. The highest BCUT2D eigenvalue weighted by Gasteiger charge is 2.44. The zero-order valence-corrected chi connectivity index (χ0v) is 19.1. The molecule has 0 aliphatic carbocycles. The summed E-state index contributed by atoms with van der Waals surface area (Å²) in [6, 6.07) is 14.6. The van der Waals surface area contributed by atoms with E-state index in [-0.39, 0.29) is 29.5 Å². The first-order valence-electron chi connectivity index (χ1n) is 10.4. The van der Waals surface area contributed by atoms with Crippen LogP contribution in [0.2, 0.25) is 0 Å². The van der Waals surface area contributed by atoms with E-state index in [9.17, 15) is 22.8 Å². The number of aromatic nitrogens is 1. The van der Waals surface area contributed by atoms with Gasteiger partial charge in [-0.05, 0) is 55.0 Å². The second kappa shape index (κ2) is 9.16. The summed E-state index contributed by atoms with van der Waals surface area (Å²) in [7, 11) is -3.92. The smallest absolute Gasteiger partial charge is 0.257 e. The number of anilines is 1. The van der Waals surface area contributed by atoms with Crippen LogP contribution < -0.4 is 10.0 Å². The number of sulfonamides is 1. The average molecular weight is 479 g/mol. The molecule has 3 aromatic rings. The molecule has 0 saturated carbocycles. The van der Waals surface area contributed by atoms with Crippen molar-refractivity contribution in [1.29, 1.82) is 0 Å². The van der Waals surface area contributed by atoms with E-state index in [4.69, 9.17) is 5.14 Å². The van der Waals surface area contributed by atoms with Gasteiger partial charge in [-0.3, -0.25) is 19.4 Å². The molecule has 1 saturated heterocycles. The normalized spacial score (nSPS) is 16.1. The van der Waals surface area contributed by atoms with Gasteiger partial charge in [0.1, 0.15) is 6.04 Å². The lowest BCUT2D eigenvalue weighted by molar-refractivity contribution is -0.122. The number of carbonyl (C=O) groups is 3. The highest BCUT2D eigenvalue weighted by molar-refractivity contribution is 7.89. The first-order valence-corrected chi connectivity index (χ1v) is 12.0. The molecule has 1 aromatic heterocycles. The number of rotatable bonds is 6. The molecule has 0 bridgehead atoms. The number of nitrogens with zero attached hydrogens (tertiary/aromatic N) is 3. The third kappa shape index (κ3) is 4.73. The Morgan fingerprint density at radius 3 is 2.35 bits per heavy atom. The van der Waals surface area contributed by atoms with Gasteiger partial charge in [-0.1, -0.05) is 23.8 Å². The Kier molecular flexibility index (Phi) is 6.27. The van der Waals surface area contributed by atoms with E-state index in [2.05, 4.69) is 4.98 Å². The van der Waals surface area contributed by atoms with Gasteiger partial charge >= 0.3 is 0 Å². The number of benzene rings is 2. The van der Waals surface area contributed by atoms with Gasteiger partial charge in [-0.15, -0.1) is 0 Å². The molecule has 1 aliphatic rings. The minimum atomic E-state index is -3.92. The summed E-state index contributed by atoms with van der Waals surface area (Å²) in [6.07, 6.45) is 3.00. The molecular weight excluding hydrogens is 456 g/mol. The van der Waals surface area contributed by atoms with Crippen LogP contribution in [-0.2, 0) is 26.2 Å². The Hall–Kier alpha value is -3.89. The fourth-order valence-corrected chi connectivity index (χ4v) is 4.30. The van der Waals surface area contributed by atoms with Crippen molar-refractivity contribution < 1.29 is 22.8 Å². The summed E-state index contributed by atoms with van der Waals surface area (Å²) in [5, 5.41) is 5.12. The number of imide groups is 1. The zero-order valence-electron chi connectivity index (χ0n) is 18.3. The summed E-state index contributed by atoms with van der Waals surface area (Å²) in [5.41, 5.74) is 2.29. The van der Waals surface area contributed by atoms with Crippen molar-refractivity contribution in [2.75, 3.05) is 4.90 Å². The minimum Gasteiger partial charge on any atom is -0.322 e. The largest absolute Gasteiger partial charge is 0.322 e. The van der Waals surface area contributed by atoms with Gasteiger partial charge in [0.2, 0.25) is 15.9 Å². The maximum atomic E-state index is 13.4. The van der Waals surface area contributed by atoms with Gasteiger partial charge in [-0.2, -0.15) is 0 Å². The fraction of sp³-hybridized carbons (Fsp3) is 0.167. The minimum absolute atomic E-state index is 0.0857. The zero-order chi connectivity index (χ0) is 24.5. The van der Waals surface area contributed by atoms with Gasteiger partial charge in [0.25, 0.3) is 11.8 Å². The number of amides is 3. The van der Waals surface area contributed by atoms with E-state index >= 15 is 0 Å². The number of hydrogen-bond acceptors (Lipinski definition) is 6. The number of hydrogen-bond donors (Lipinski definition) is 1. The number of aryl methyl sites for hydroxylation is 1. The van der Waals surface area contributed by atoms with Crippen LogP contribution in [0, 0.1) is 6.92 Å². The molecule has 0 spiro atoms. The molecule has 2 aromatic carbocycles. The highest BCUT2D eigenvalue weighted by atomic mass is 32.2. The maximum absolute atomic E-state index is 13.4. The maximum Gasteiger partial charge on any atom is 0.257 e. The van der Waals surface area contributed by atoms with Crippen LogP contribution in [-0.4, -0.2) is 42.1 Å². The van der Waals surface area contributed by atoms with Crippen molar-refractivity contribution in [3.8, 4) is 0 Å². The average Bonchev–Trinajstić information content (AvgIpc) is 3.11. The Morgan fingerprint density at radius 1 is 1.09 bits per heavy atom. The third-order valence-corrected chi connectivity index (χ3v) is 6.49. The summed E-state index contributed by atoms with van der Waals surface area (Å²) >= 11 is 0. The van der Waals surface area contributed by atoms with Crippen LogP contribution in [0.3, 0.4) is 0 Å². The molecule has 0 radical (unpaired) electrons. The Balaban J connectivity index is 1.67. The van der Waals surface area contributed by atoms with Gasteiger partial charge in [0.05, 0.1) is 17.0 Å². The number of carbonyl (C=O) groups excluding carboxylic acids is 3. The van der Waals surface area contributed by atoms with E-state index < -0.39 is 27.9 Å². The topological polar surface area (TPSA) is 131 Å². The number of primary sulfonamides is 1. The summed E-state index contributed by atoms with van der Waals surface area (Å²) in [4.78, 5) is 45.9. The molecule has 9 nitrogen and oxygen atoms in total. The molecule has 3 amide bonds. The molecule has 2 N–H and O–H groups in total. The monoisotopic (exact) mass is 478 g/mol. The van der Waals surface area contributed by atoms with Gasteiger partial charge in [-0.25, -0.2) is 18.5 Å². The summed E-state index contributed by atoms with van der Waals surface area (Å²) in [6.45, 7) is 1.99. The van der Waals surface area contributed by atoms with Crippen molar-refractivity contribution in [2.45, 2.75) is 30.8 Å². The fourth-order valence-electron chi connectivity index (χ4n) is 3.79. The Morgan fingerprint density at radius 2 is 1.76 bits per heavy atom. The van der Waals surface area contributed by atoms with Crippen molar-refractivity contribution in [1.82, 2.24) is 9.88 Å². The van der Waals surface area contributed by atoms with Crippen molar-refractivity contribution in [2.24, 2.45) is 5.14 Å². The molecule has 1 aliphatic heterocycles. The van der Waals surface area contributed by atoms with Crippen LogP contribution in [0.25, 0.3) is 0 Å². The molecular formula is C24H22N4O5S. The van der Waals surface area contributed by atoms with Crippen molar-refractivity contribution in [3.05, 3.63) is 89.7 Å². The van der Waals surface area contributed by atoms with Crippen LogP contribution in [0.1, 0.15) is 27.9 Å². The first-order chi connectivity index (χ1) is 16.1. The molecule has 1 atom stereocenters. The van der Waals surface area contributed by atoms with E-state index in [1.54, 1.807) is 48.8 Å². The molecule has 10 heteroatoms. The molecule has 174 valence electrons. The van der Waals surface area contributed by atoms with Crippen LogP contribution in [0.5, 0.6) is 0 Å². The second-order valence-electron chi connectivity index (χ2n) is 7.99. The number of nitrogens with two attached hydrogens (primary N) is 1. The lowest BCUT2D eigenvalue weighted by Crippen LogP contribution is -2.45. The molecule has 1 unspecified atom stereocenters. The number of pyridine rings is 1. The Labute approximate surface area is 196 Å². The van der Waals surface area contributed by atoms with Gasteiger partial charge < -0.3 is 4.90 Å². The van der Waals surface area contributed by atoms with Crippen LogP contribution in [0.15, 0.2) is 78.0 Å². The van der Waals surface area contributed by atoms with E-state index in [1.807, 2.05) is 6.92 Å². The predicted octanol–water partition coefficient (Wildman–Crippen LogP) is 2.01. The molecule has 34 heavy (non-hydrogen) atoms. The molecule has 4 rings (SSSR count). The van der Waals surface area contributed by atoms with Gasteiger partial charge in [0.15, 0.2) is 0 Å². The highest BCUT2D eigenvalue weighted by Crippen LogP contribution is 2.28. The van der Waals surface area contributed by atoms with Crippen LogP contribution >= 0.6 is 0 Å². The third-order valence-electron chi connectivity index (χ3n) is 5.56. The lowest BCUT2D eigenvalue weighted by atomic mass is 10.1. The predicted molar refractivity (Wildman–Crippen MR) is 124 cm³/mol. The van der Waals surface area contributed by atoms with Crippen LogP contribution in [0.4, 0.5) is 5.69 Å². The first kappa shape index (κ1) is 23.3. The van der Waals surface area contributed by atoms with Gasteiger partial charge in [0, 0.05) is 24.5 Å². The van der Waals surface area contributed by atoms with Crippen molar-refractivity contribution >= 4 is 33.4 Å². The summed E-state index contributed by atoms with van der Waals surface area (Å²) in [5.74, 6) is -1.45. The van der Waals surface area contributed by atoms with Crippen molar-refractivity contribution in [3.63, 3.8) is 0 Å².